The van der Waals surface area contributed by atoms with Crippen molar-refractivity contribution in [1.29, 1.82) is 0 Å². The summed E-state index contributed by atoms with van der Waals surface area (Å²) in [6.07, 6.45) is 1.69. The molecule has 2 rings (SSSR count). The molecule has 0 saturated carbocycles. The SMILES string of the molecule is Nc1ccc(/N=C/c2ccc(F)cc2)cc1. The molecule has 2 aromatic rings. The van der Waals surface area contributed by atoms with Crippen molar-refractivity contribution in [1.82, 2.24) is 0 Å². The van der Waals surface area contributed by atoms with E-state index in [-0.39, 0.29) is 5.82 Å². The zero-order valence-corrected chi connectivity index (χ0v) is 8.60. The normalized spacial score (nSPS) is 10.8. The van der Waals surface area contributed by atoms with Crippen molar-refractivity contribution in [3.63, 3.8) is 0 Å². The Balaban J connectivity index is 2.15. The molecule has 2 N–H and O–H groups in total. The van der Waals surface area contributed by atoms with E-state index in [4.69, 9.17) is 5.73 Å². The van der Waals surface area contributed by atoms with E-state index in [0.29, 0.717) is 5.69 Å². The van der Waals surface area contributed by atoms with Gasteiger partial charge in [-0.3, -0.25) is 4.99 Å². The minimum absolute atomic E-state index is 0.246. The van der Waals surface area contributed by atoms with E-state index in [1.54, 1.807) is 30.5 Å². The fourth-order valence-corrected chi connectivity index (χ4v) is 1.26. The van der Waals surface area contributed by atoms with E-state index in [1.807, 2.05) is 12.1 Å². The number of hydrogen-bond donors (Lipinski definition) is 1. The van der Waals surface area contributed by atoms with E-state index >= 15 is 0 Å². The molecule has 0 saturated heterocycles. The summed E-state index contributed by atoms with van der Waals surface area (Å²) in [5, 5.41) is 0. The van der Waals surface area contributed by atoms with E-state index in [9.17, 15) is 4.39 Å². The predicted molar refractivity (Wildman–Crippen MR) is 64.5 cm³/mol. The summed E-state index contributed by atoms with van der Waals surface area (Å²) < 4.78 is 12.6. The lowest BCUT2D eigenvalue weighted by atomic mass is 10.2. The van der Waals surface area contributed by atoms with Gasteiger partial charge in [0.2, 0.25) is 0 Å². The van der Waals surface area contributed by atoms with Crippen LogP contribution in [0.2, 0.25) is 0 Å². The summed E-state index contributed by atoms with van der Waals surface area (Å²) in [5.74, 6) is -0.246. The van der Waals surface area contributed by atoms with Crippen LogP contribution >= 0.6 is 0 Å². The average molecular weight is 214 g/mol. The molecule has 0 aliphatic carbocycles. The third-order valence-corrected chi connectivity index (χ3v) is 2.13. The number of nitrogens with zero attached hydrogens (tertiary/aromatic N) is 1. The number of benzene rings is 2. The molecule has 0 heterocycles. The topological polar surface area (TPSA) is 38.4 Å². The zero-order valence-electron chi connectivity index (χ0n) is 8.60. The summed E-state index contributed by atoms with van der Waals surface area (Å²) in [7, 11) is 0. The van der Waals surface area contributed by atoms with Crippen LogP contribution in [-0.2, 0) is 0 Å². The lowest BCUT2D eigenvalue weighted by molar-refractivity contribution is 0.628. The van der Waals surface area contributed by atoms with Gasteiger partial charge in [0.25, 0.3) is 0 Å². The number of halogens is 1. The quantitative estimate of drug-likeness (QED) is 0.605. The Morgan fingerprint density at radius 1 is 0.938 bits per heavy atom. The minimum atomic E-state index is -0.246. The standard InChI is InChI=1S/C13H11FN2/c14-11-3-1-10(2-4-11)9-16-13-7-5-12(15)6-8-13/h1-9H,15H2/b16-9+. The van der Waals surface area contributed by atoms with Crippen molar-refractivity contribution >= 4 is 17.6 Å². The molecule has 0 fully saturated rings. The number of nitrogens with two attached hydrogens (primary N) is 1. The van der Waals surface area contributed by atoms with Gasteiger partial charge in [0.15, 0.2) is 0 Å². The average Bonchev–Trinajstić information content (AvgIpc) is 2.30. The van der Waals surface area contributed by atoms with Crippen molar-refractivity contribution < 1.29 is 4.39 Å². The predicted octanol–water partition coefficient (Wildman–Crippen LogP) is 3.16. The van der Waals surface area contributed by atoms with Crippen LogP contribution in [0.25, 0.3) is 0 Å². The monoisotopic (exact) mass is 214 g/mol. The van der Waals surface area contributed by atoms with Gasteiger partial charge in [-0.25, -0.2) is 4.39 Å². The number of hydrogen-bond acceptors (Lipinski definition) is 2. The molecular formula is C13H11FN2. The molecule has 2 nitrogen and oxygen atoms in total. The first-order valence-corrected chi connectivity index (χ1v) is 4.89. The largest absolute Gasteiger partial charge is 0.399 e. The van der Waals surface area contributed by atoms with Crippen molar-refractivity contribution in [2.45, 2.75) is 0 Å². The number of anilines is 1. The van der Waals surface area contributed by atoms with Gasteiger partial charge in [-0.1, -0.05) is 12.1 Å². The molecule has 0 bridgehead atoms. The molecule has 0 aliphatic heterocycles. The van der Waals surface area contributed by atoms with Crippen molar-refractivity contribution in [3.8, 4) is 0 Å². The Kier molecular flexibility index (Phi) is 2.96. The van der Waals surface area contributed by atoms with Crippen molar-refractivity contribution in [2.24, 2.45) is 4.99 Å². The number of nitrogen functional groups attached to an aromatic ring is 1. The second-order valence-electron chi connectivity index (χ2n) is 3.40. The van der Waals surface area contributed by atoms with Gasteiger partial charge < -0.3 is 5.73 Å². The molecule has 3 heteroatoms. The van der Waals surface area contributed by atoms with Gasteiger partial charge in [0, 0.05) is 11.9 Å². The van der Waals surface area contributed by atoms with Gasteiger partial charge in [-0.2, -0.15) is 0 Å². The molecule has 0 aromatic heterocycles. The van der Waals surface area contributed by atoms with Gasteiger partial charge in [0.1, 0.15) is 5.82 Å². The van der Waals surface area contributed by atoms with E-state index in [2.05, 4.69) is 4.99 Å². The summed E-state index contributed by atoms with van der Waals surface area (Å²) >= 11 is 0. The smallest absolute Gasteiger partial charge is 0.123 e. The summed E-state index contributed by atoms with van der Waals surface area (Å²) in [6, 6.07) is 13.4. The van der Waals surface area contributed by atoms with Crippen LogP contribution in [0.1, 0.15) is 5.56 Å². The van der Waals surface area contributed by atoms with Crippen LogP contribution in [0.4, 0.5) is 15.8 Å². The molecule has 80 valence electrons. The number of aliphatic imine (C=N–C) groups is 1. The van der Waals surface area contributed by atoms with Gasteiger partial charge >= 0.3 is 0 Å². The zero-order chi connectivity index (χ0) is 11.4. The van der Waals surface area contributed by atoms with Crippen molar-refractivity contribution in [2.75, 3.05) is 5.73 Å². The number of rotatable bonds is 2. The second kappa shape index (κ2) is 4.57. The Labute approximate surface area is 93.3 Å². The Morgan fingerprint density at radius 3 is 2.19 bits per heavy atom. The van der Waals surface area contributed by atoms with Gasteiger partial charge in [0.05, 0.1) is 5.69 Å². The molecular weight excluding hydrogens is 203 g/mol. The lowest BCUT2D eigenvalue weighted by Crippen LogP contribution is -1.82. The fraction of sp³-hybridized carbons (Fsp3) is 0. The van der Waals surface area contributed by atoms with E-state index < -0.39 is 0 Å². The third kappa shape index (κ3) is 2.67. The Bertz CT molecular complexity index is 439. The highest BCUT2D eigenvalue weighted by Crippen LogP contribution is 2.13. The first-order valence-electron chi connectivity index (χ1n) is 4.89. The summed E-state index contributed by atoms with van der Waals surface area (Å²) in [5.41, 5.74) is 7.94. The highest BCUT2D eigenvalue weighted by atomic mass is 19.1. The van der Waals surface area contributed by atoms with Crippen LogP contribution in [0.15, 0.2) is 53.5 Å². The third-order valence-electron chi connectivity index (χ3n) is 2.13. The molecule has 0 amide bonds. The fourth-order valence-electron chi connectivity index (χ4n) is 1.26. The maximum absolute atomic E-state index is 12.6. The van der Waals surface area contributed by atoms with Crippen LogP contribution in [0.3, 0.4) is 0 Å². The lowest BCUT2D eigenvalue weighted by Gasteiger charge is -1.95. The first kappa shape index (κ1) is 10.4. The van der Waals surface area contributed by atoms with Gasteiger partial charge in [-0.05, 0) is 42.0 Å². The van der Waals surface area contributed by atoms with Crippen LogP contribution in [0.5, 0.6) is 0 Å². The van der Waals surface area contributed by atoms with Crippen LogP contribution in [-0.4, -0.2) is 6.21 Å². The maximum Gasteiger partial charge on any atom is 0.123 e. The van der Waals surface area contributed by atoms with Crippen LogP contribution in [0, 0.1) is 5.82 Å². The second-order valence-corrected chi connectivity index (χ2v) is 3.40. The summed E-state index contributed by atoms with van der Waals surface area (Å²) in [4.78, 5) is 4.24. The highest BCUT2D eigenvalue weighted by molar-refractivity contribution is 5.81. The molecule has 0 radical (unpaired) electrons. The highest BCUT2D eigenvalue weighted by Gasteiger charge is 1.91. The molecule has 0 atom stereocenters. The maximum atomic E-state index is 12.6. The first-order chi connectivity index (χ1) is 7.74. The molecule has 2 aromatic carbocycles. The van der Waals surface area contributed by atoms with E-state index in [1.165, 1.54) is 12.1 Å². The molecule has 0 aliphatic rings. The minimum Gasteiger partial charge on any atom is -0.399 e. The molecule has 0 spiro atoms. The van der Waals surface area contributed by atoms with E-state index in [0.717, 1.165) is 11.3 Å². The molecule has 0 unspecified atom stereocenters. The van der Waals surface area contributed by atoms with Crippen molar-refractivity contribution in [3.05, 3.63) is 59.9 Å². The van der Waals surface area contributed by atoms with Gasteiger partial charge in [-0.15, -0.1) is 0 Å². The Hall–Kier alpha value is -2.16. The Morgan fingerprint density at radius 2 is 1.56 bits per heavy atom. The van der Waals surface area contributed by atoms with Crippen LogP contribution < -0.4 is 5.73 Å². The summed E-state index contributed by atoms with van der Waals surface area (Å²) in [6.45, 7) is 0. The molecule has 16 heavy (non-hydrogen) atoms.